The van der Waals surface area contributed by atoms with Crippen LogP contribution in [0.3, 0.4) is 0 Å². The molecule has 0 bridgehead atoms. The van der Waals surface area contributed by atoms with Crippen molar-refractivity contribution in [2.75, 3.05) is 5.73 Å². The Bertz CT molecular complexity index is 504. The Morgan fingerprint density at radius 2 is 1.67 bits per heavy atom. The fourth-order valence-electron chi connectivity index (χ4n) is 1.84. The van der Waals surface area contributed by atoms with Gasteiger partial charge in [0.15, 0.2) is 5.69 Å². The topological polar surface area (TPSA) is 48.8 Å². The first kappa shape index (κ1) is 12.9. The van der Waals surface area contributed by atoms with E-state index in [1.165, 1.54) is 0 Å². The molecule has 1 saturated heterocycles. The van der Waals surface area contributed by atoms with Gasteiger partial charge in [0, 0.05) is 5.69 Å². The van der Waals surface area contributed by atoms with Gasteiger partial charge >= 0.3 is 7.12 Å². The molecule has 1 fully saturated rings. The summed E-state index contributed by atoms with van der Waals surface area (Å²) in [6.07, 6.45) is 0. The van der Waals surface area contributed by atoms with Gasteiger partial charge in [-0.3, -0.25) is 0 Å². The minimum absolute atomic E-state index is 0.388. The molecule has 18 heavy (non-hydrogen) atoms. The van der Waals surface area contributed by atoms with Gasteiger partial charge in [-0.1, -0.05) is 6.07 Å². The Kier molecular flexibility index (Phi) is 2.88. The van der Waals surface area contributed by atoms with E-state index in [1.54, 1.807) is 18.2 Å². The van der Waals surface area contributed by atoms with Crippen molar-refractivity contribution in [3.05, 3.63) is 29.6 Å². The second kappa shape index (κ2) is 4.01. The molecule has 2 N–H and O–H groups in total. The maximum absolute atomic E-state index is 7.05. The zero-order valence-electron chi connectivity index (χ0n) is 11.2. The van der Waals surface area contributed by atoms with Crippen LogP contribution in [0.25, 0.3) is 4.85 Å². The second-order valence-electron chi connectivity index (χ2n) is 5.56. The number of benzene rings is 1. The van der Waals surface area contributed by atoms with Crippen LogP contribution in [0.2, 0.25) is 0 Å². The first-order chi connectivity index (χ1) is 8.25. The van der Waals surface area contributed by atoms with E-state index in [4.69, 9.17) is 21.6 Å². The molecule has 1 heterocycles. The van der Waals surface area contributed by atoms with Crippen molar-refractivity contribution in [3.63, 3.8) is 0 Å². The third-order valence-corrected chi connectivity index (χ3v) is 3.62. The summed E-state index contributed by atoms with van der Waals surface area (Å²) in [4.78, 5) is 3.40. The number of nitrogens with zero attached hydrogens (tertiary/aromatic N) is 1. The molecule has 1 aromatic rings. The summed E-state index contributed by atoms with van der Waals surface area (Å²) in [7, 11) is -0.473. The summed E-state index contributed by atoms with van der Waals surface area (Å²) in [5, 5.41) is 0. The van der Waals surface area contributed by atoms with Crippen molar-refractivity contribution in [2.24, 2.45) is 0 Å². The van der Waals surface area contributed by atoms with Crippen LogP contribution < -0.4 is 11.2 Å². The van der Waals surface area contributed by atoms with Gasteiger partial charge in [0.2, 0.25) is 0 Å². The molecule has 0 radical (unpaired) electrons. The highest BCUT2D eigenvalue weighted by Gasteiger charge is 2.51. The third-order valence-electron chi connectivity index (χ3n) is 3.62. The van der Waals surface area contributed by atoms with Gasteiger partial charge in [-0.15, -0.1) is 0 Å². The zero-order valence-corrected chi connectivity index (χ0v) is 11.2. The Morgan fingerprint density at radius 1 is 1.11 bits per heavy atom. The molecule has 0 aliphatic carbocycles. The molecule has 0 aromatic heterocycles. The van der Waals surface area contributed by atoms with E-state index in [9.17, 15) is 0 Å². The van der Waals surface area contributed by atoms with Crippen LogP contribution in [0.5, 0.6) is 0 Å². The number of hydrogen-bond donors (Lipinski definition) is 1. The molecule has 0 saturated carbocycles. The van der Waals surface area contributed by atoms with Crippen molar-refractivity contribution in [2.45, 2.75) is 38.9 Å². The monoisotopic (exact) mass is 244 g/mol. The third kappa shape index (κ3) is 2.10. The average molecular weight is 244 g/mol. The molecule has 1 aliphatic heterocycles. The molecule has 0 amide bonds. The lowest BCUT2D eigenvalue weighted by Gasteiger charge is -2.32. The molecular formula is C13H17BN2O2. The highest BCUT2D eigenvalue weighted by Crippen LogP contribution is 2.36. The van der Waals surface area contributed by atoms with Crippen molar-refractivity contribution < 1.29 is 9.31 Å². The minimum Gasteiger partial charge on any atom is -0.400 e. The summed E-state index contributed by atoms with van der Waals surface area (Å²) >= 11 is 0. The number of anilines is 1. The van der Waals surface area contributed by atoms with Crippen molar-refractivity contribution in [3.8, 4) is 0 Å². The Hall–Kier alpha value is -1.51. The van der Waals surface area contributed by atoms with E-state index in [0.29, 0.717) is 11.4 Å². The molecule has 0 spiro atoms. The minimum atomic E-state index is -0.473. The SMILES string of the molecule is [C-]#[N+]c1cc(N)cc(B2OC(C)(C)C(C)(C)O2)c1. The quantitative estimate of drug-likeness (QED) is 0.467. The standard InChI is InChI=1S/C13H17BN2O2/c1-12(2)13(3,4)18-14(17-12)9-6-10(15)8-11(7-9)16-5/h6-8H,15H2,1-4H3. The lowest BCUT2D eigenvalue weighted by molar-refractivity contribution is 0.00578. The summed E-state index contributed by atoms with van der Waals surface area (Å²) in [5.41, 5.74) is 6.85. The van der Waals surface area contributed by atoms with Crippen LogP contribution in [0, 0.1) is 6.57 Å². The first-order valence-corrected chi connectivity index (χ1v) is 5.89. The molecule has 5 heteroatoms. The van der Waals surface area contributed by atoms with E-state index in [0.717, 1.165) is 5.46 Å². The van der Waals surface area contributed by atoms with Crippen molar-refractivity contribution >= 4 is 24.0 Å². The predicted octanol–water partition coefficient (Wildman–Crippen LogP) is 2.12. The average Bonchev–Trinajstić information content (AvgIpc) is 2.47. The maximum Gasteiger partial charge on any atom is 0.493 e. The Morgan fingerprint density at radius 3 is 2.17 bits per heavy atom. The fourth-order valence-corrected chi connectivity index (χ4v) is 1.84. The molecule has 2 rings (SSSR count). The van der Waals surface area contributed by atoms with Gasteiger partial charge in [0.05, 0.1) is 17.8 Å². The smallest absolute Gasteiger partial charge is 0.400 e. The van der Waals surface area contributed by atoms with E-state index in [2.05, 4.69) is 4.85 Å². The van der Waals surface area contributed by atoms with Crippen LogP contribution in [0.4, 0.5) is 11.4 Å². The van der Waals surface area contributed by atoms with Crippen molar-refractivity contribution in [1.82, 2.24) is 0 Å². The van der Waals surface area contributed by atoms with Gasteiger partial charge < -0.3 is 15.0 Å². The molecule has 1 aromatic carbocycles. The summed E-state index contributed by atoms with van der Waals surface area (Å²) in [6, 6.07) is 5.18. The lowest BCUT2D eigenvalue weighted by Crippen LogP contribution is -2.41. The molecule has 1 aliphatic rings. The summed E-state index contributed by atoms with van der Waals surface area (Å²) in [5.74, 6) is 0. The van der Waals surface area contributed by atoms with Crippen LogP contribution in [-0.2, 0) is 9.31 Å². The number of hydrogen-bond acceptors (Lipinski definition) is 3. The van der Waals surface area contributed by atoms with Gasteiger partial charge in [0.25, 0.3) is 0 Å². The molecule has 0 atom stereocenters. The molecular weight excluding hydrogens is 227 g/mol. The van der Waals surface area contributed by atoms with Gasteiger partial charge in [-0.2, -0.15) is 0 Å². The predicted molar refractivity (Wildman–Crippen MR) is 72.8 cm³/mol. The number of rotatable bonds is 1. The van der Waals surface area contributed by atoms with E-state index in [1.807, 2.05) is 27.7 Å². The summed E-state index contributed by atoms with van der Waals surface area (Å²) in [6.45, 7) is 15.0. The fraction of sp³-hybridized carbons (Fsp3) is 0.462. The van der Waals surface area contributed by atoms with Crippen LogP contribution in [0.1, 0.15) is 27.7 Å². The highest BCUT2D eigenvalue weighted by atomic mass is 16.7. The van der Waals surface area contributed by atoms with Gasteiger partial charge in [-0.05, 0) is 45.3 Å². The second-order valence-corrected chi connectivity index (χ2v) is 5.56. The summed E-state index contributed by atoms with van der Waals surface area (Å²) < 4.78 is 11.8. The number of nitrogen functional groups attached to an aromatic ring is 1. The van der Waals surface area contributed by atoms with E-state index >= 15 is 0 Å². The first-order valence-electron chi connectivity index (χ1n) is 5.89. The molecule has 0 unspecified atom stereocenters. The Balaban J connectivity index is 2.36. The Labute approximate surface area is 108 Å². The van der Waals surface area contributed by atoms with E-state index in [-0.39, 0.29) is 11.2 Å². The van der Waals surface area contributed by atoms with Crippen LogP contribution >= 0.6 is 0 Å². The van der Waals surface area contributed by atoms with Crippen molar-refractivity contribution in [1.29, 1.82) is 0 Å². The van der Waals surface area contributed by atoms with E-state index < -0.39 is 7.12 Å². The van der Waals surface area contributed by atoms with Gasteiger partial charge in [0.1, 0.15) is 0 Å². The number of nitrogens with two attached hydrogens (primary N) is 1. The van der Waals surface area contributed by atoms with Crippen LogP contribution in [0.15, 0.2) is 18.2 Å². The zero-order chi connectivity index (χ0) is 13.6. The van der Waals surface area contributed by atoms with Crippen LogP contribution in [-0.4, -0.2) is 18.3 Å². The van der Waals surface area contributed by atoms with Gasteiger partial charge in [-0.25, -0.2) is 4.85 Å². The lowest BCUT2D eigenvalue weighted by atomic mass is 9.78. The molecule has 4 nitrogen and oxygen atoms in total. The largest absolute Gasteiger partial charge is 0.493 e. The highest BCUT2D eigenvalue weighted by molar-refractivity contribution is 6.62. The molecule has 94 valence electrons. The normalized spacial score (nSPS) is 20.7. The maximum atomic E-state index is 7.05.